The molecule has 2 N–H and O–H groups in total. The maximum Gasteiger partial charge on any atom is 0.243 e. The molecule has 0 radical (unpaired) electrons. The molecule has 7 nitrogen and oxygen atoms in total. The van der Waals surface area contributed by atoms with Crippen molar-refractivity contribution in [3.8, 4) is 0 Å². The minimum atomic E-state index is 0.0992. The zero-order valence-electron chi connectivity index (χ0n) is 16.6. The van der Waals surface area contributed by atoms with Crippen molar-refractivity contribution >= 4 is 5.91 Å². The molecular weight excluding hydrogens is 342 g/mol. The van der Waals surface area contributed by atoms with Crippen LogP contribution < -0.4 is 5.73 Å². The molecule has 3 unspecified atom stereocenters. The highest BCUT2D eigenvalue weighted by atomic mass is 16.5. The number of amides is 1. The first-order chi connectivity index (χ1) is 13.1. The number of piperazine rings is 1. The fraction of sp³-hybridized carbons (Fsp3) is 0.850. The van der Waals surface area contributed by atoms with Gasteiger partial charge >= 0.3 is 0 Å². The van der Waals surface area contributed by atoms with Crippen LogP contribution >= 0.6 is 0 Å². The summed E-state index contributed by atoms with van der Waals surface area (Å²) in [5.74, 6) is 3.09. The Hall–Kier alpha value is -1.47. The van der Waals surface area contributed by atoms with Gasteiger partial charge in [0.1, 0.15) is 0 Å². The Morgan fingerprint density at radius 3 is 2.48 bits per heavy atom. The molecule has 2 bridgehead atoms. The molecule has 7 heteroatoms. The largest absolute Gasteiger partial charge is 0.340 e. The maximum atomic E-state index is 13.1. The van der Waals surface area contributed by atoms with Gasteiger partial charge in [0.2, 0.25) is 11.8 Å². The number of carbonyl (C=O) groups excluding carboxylic acids is 1. The molecule has 2 aliphatic carbocycles. The van der Waals surface area contributed by atoms with Crippen LogP contribution in [0.1, 0.15) is 63.7 Å². The predicted molar refractivity (Wildman–Crippen MR) is 102 cm³/mol. The lowest BCUT2D eigenvalue weighted by molar-refractivity contribution is -0.140. The maximum absolute atomic E-state index is 13.1. The monoisotopic (exact) mass is 375 g/mol. The first kappa shape index (κ1) is 18.9. The van der Waals surface area contributed by atoms with E-state index in [0.717, 1.165) is 51.3 Å². The van der Waals surface area contributed by atoms with E-state index in [1.54, 1.807) is 0 Å². The number of aryl methyl sites for hydroxylation is 1. The van der Waals surface area contributed by atoms with Crippen LogP contribution in [0.5, 0.6) is 0 Å². The molecule has 1 aliphatic heterocycles. The summed E-state index contributed by atoms with van der Waals surface area (Å²) in [6.07, 6.45) is 6.47. The van der Waals surface area contributed by atoms with Crippen molar-refractivity contribution in [2.24, 2.45) is 23.5 Å². The van der Waals surface area contributed by atoms with Crippen molar-refractivity contribution in [2.45, 2.75) is 64.5 Å². The van der Waals surface area contributed by atoms with Gasteiger partial charge in [-0.2, -0.15) is 4.98 Å². The average molecular weight is 376 g/mol. The van der Waals surface area contributed by atoms with Crippen molar-refractivity contribution in [1.82, 2.24) is 19.9 Å². The first-order valence-corrected chi connectivity index (χ1v) is 10.7. The highest BCUT2D eigenvalue weighted by Gasteiger charge is 2.42. The van der Waals surface area contributed by atoms with Crippen LogP contribution in [-0.4, -0.2) is 58.1 Å². The Kier molecular flexibility index (Phi) is 5.50. The fourth-order valence-corrected chi connectivity index (χ4v) is 5.32. The molecule has 3 aliphatic rings. The van der Waals surface area contributed by atoms with Crippen molar-refractivity contribution in [1.29, 1.82) is 0 Å². The van der Waals surface area contributed by atoms with Gasteiger partial charge in [0.25, 0.3) is 0 Å². The Morgan fingerprint density at radius 2 is 1.89 bits per heavy atom. The van der Waals surface area contributed by atoms with Crippen LogP contribution in [0, 0.1) is 17.8 Å². The van der Waals surface area contributed by atoms with Gasteiger partial charge in [-0.1, -0.05) is 18.5 Å². The molecule has 0 aromatic carbocycles. The van der Waals surface area contributed by atoms with Crippen molar-refractivity contribution in [3.63, 3.8) is 0 Å². The lowest BCUT2D eigenvalue weighted by atomic mass is 9.65. The average Bonchev–Trinajstić information content (AvgIpc) is 3.16. The van der Waals surface area contributed by atoms with E-state index in [1.807, 2.05) is 6.92 Å². The summed E-state index contributed by atoms with van der Waals surface area (Å²) < 4.78 is 5.40. The number of nitrogens with zero attached hydrogens (tertiary/aromatic N) is 4. The molecule has 2 heterocycles. The van der Waals surface area contributed by atoms with Crippen molar-refractivity contribution < 1.29 is 9.32 Å². The number of carbonyl (C=O) groups is 1. The zero-order chi connectivity index (χ0) is 19.0. The summed E-state index contributed by atoms with van der Waals surface area (Å²) in [4.78, 5) is 22.0. The van der Waals surface area contributed by atoms with E-state index in [0.29, 0.717) is 29.7 Å². The van der Waals surface area contributed by atoms with Gasteiger partial charge in [-0.15, -0.1) is 0 Å². The van der Waals surface area contributed by atoms with E-state index in [2.05, 4.69) is 26.9 Å². The molecule has 27 heavy (non-hydrogen) atoms. The molecule has 1 aromatic rings. The second-order valence-electron chi connectivity index (χ2n) is 8.64. The fourth-order valence-electron chi connectivity index (χ4n) is 5.32. The summed E-state index contributed by atoms with van der Waals surface area (Å²) in [6, 6.07) is 0.421. The summed E-state index contributed by atoms with van der Waals surface area (Å²) >= 11 is 0. The molecule has 150 valence electrons. The van der Waals surface area contributed by atoms with Gasteiger partial charge in [-0.3, -0.25) is 9.69 Å². The number of fused-ring (bicyclic) bond motifs is 2. The number of nitrogens with two attached hydrogens (primary N) is 1. The van der Waals surface area contributed by atoms with E-state index in [-0.39, 0.29) is 12.0 Å². The molecule has 3 atom stereocenters. The molecule has 0 spiro atoms. The van der Waals surface area contributed by atoms with E-state index < -0.39 is 0 Å². The van der Waals surface area contributed by atoms with Gasteiger partial charge < -0.3 is 15.2 Å². The Labute approximate surface area is 161 Å². The highest BCUT2D eigenvalue weighted by molar-refractivity contribution is 5.79. The first-order valence-electron chi connectivity index (χ1n) is 10.7. The molecular formula is C20H33N5O2. The van der Waals surface area contributed by atoms with Crippen LogP contribution in [0.25, 0.3) is 0 Å². The van der Waals surface area contributed by atoms with E-state index in [1.165, 1.54) is 19.3 Å². The molecule has 4 rings (SSSR count). The van der Waals surface area contributed by atoms with Gasteiger partial charge in [0, 0.05) is 44.6 Å². The van der Waals surface area contributed by atoms with Crippen LogP contribution in [0.3, 0.4) is 0 Å². The van der Waals surface area contributed by atoms with E-state index in [9.17, 15) is 4.79 Å². The van der Waals surface area contributed by atoms with Crippen molar-refractivity contribution in [3.05, 3.63) is 11.7 Å². The molecule has 1 saturated heterocycles. The molecule has 1 aromatic heterocycles. The Balaban J connectivity index is 1.31. The zero-order valence-corrected chi connectivity index (χ0v) is 16.6. The third-order valence-corrected chi connectivity index (χ3v) is 7.09. The summed E-state index contributed by atoms with van der Waals surface area (Å²) in [6.45, 7) is 7.42. The summed E-state index contributed by atoms with van der Waals surface area (Å²) in [7, 11) is 0. The Morgan fingerprint density at radius 1 is 1.22 bits per heavy atom. The van der Waals surface area contributed by atoms with Gasteiger partial charge in [-0.25, -0.2) is 0 Å². The van der Waals surface area contributed by atoms with Crippen molar-refractivity contribution in [2.75, 3.05) is 26.2 Å². The second-order valence-corrected chi connectivity index (χ2v) is 8.64. The molecule has 3 fully saturated rings. The van der Waals surface area contributed by atoms with Crippen LogP contribution in [-0.2, 0) is 11.2 Å². The van der Waals surface area contributed by atoms with E-state index in [4.69, 9.17) is 10.3 Å². The highest BCUT2D eigenvalue weighted by Crippen LogP contribution is 2.42. The number of hydrogen-bond acceptors (Lipinski definition) is 6. The second kappa shape index (κ2) is 7.87. The lowest BCUT2D eigenvalue weighted by Gasteiger charge is -2.45. The number of aromatic nitrogens is 2. The van der Waals surface area contributed by atoms with Crippen LogP contribution in [0.2, 0.25) is 0 Å². The predicted octanol–water partition coefficient (Wildman–Crippen LogP) is 1.99. The smallest absolute Gasteiger partial charge is 0.243 e. The summed E-state index contributed by atoms with van der Waals surface area (Å²) in [5.41, 5.74) is 6.39. The minimum absolute atomic E-state index is 0.0992. The van der Waals surface area contributed by atoms with E-state index >= 15 is 0 Å². The molecule has 1 amide bonds. The summed E-state index contributed by atoms with van der Waals surface area (Å²) in [5, 5.41) is 4.00. The molecule has 2 saturated carbocycles. The quantitative estimate of drug-likeness (QED) is 0.866. The minimum Gasteiger partial charge on any atom is -0.340 e. The third kappa shape index (κ3) is 3.76. The topological polar surface area (TPSA) is 88.5 Å². The lowest BCUT2D eigenvalue weighted by Crippen LogP contribution is -2.54. The van der Waals surface area contributed by atoms with Crippen LogP contribution in [0.4, 0.5) is 0 Å². The SMILES string of the molecule is CCc1noc(C(C)N2CCN(C(=O)C3CC4CCCC(C3)C4N)CC2)n1. The van der Waals surface area contributed by atoms with Gasteiger partial charge in [0.15, 0.2) is 5.82 Å². The standard InChI is InChI=1S/C20H33N5O2/c1-3-17-22-19(27-23-17)13(2)24-7-9-25(10-8-24)20(26)16-11-14-5-4-6-15(12-16)18(14)21/h13-16,18H,3-12,21H2,1-2H3. The normalized spacial score (nSPS) is 33.1. The van der Waals surface area contributed by atoms with Gasteiger partial charge in [-0.05, 0) is 44.4 Å². The number of hydrogen-bond donors (Lipinski definition) is 1. The number of rotatable bonds is 4. The van der Waals surface area contributed by atoms with Gasteiger partial charge in [0.05, 0.1) is 6.04 Å². The third-order valence-electron chi connectivity index (χ3n) is 7.09. The Bertz CT molecular complexity index is 641. The van der Waals surface area contributed by atoms with Crippen LogP contribution in [0.15, 0.2) is 4.52 Å².